The third kappa shape index (κ3) is 1.92. The summed E-state index contributed by atoms with van der Waals surface area (Å²) in [6.07, 6.45) is 2.76. The van der Waals surface area contributed by atoms with E-state index in [4.69, 9.17) is 5.73 Å². The van der Waals surface area contributed by atoms with Crippen LogP contribution in [0.1, 0.15) is 5.56 Å². The topological polar surface area (TPSA) is 51.8 Å². The number of nitrogens with zero attached hydrogens (tertiary/aromatic N) is 2. The minimum absolute atomic E-state index is 0.0825. The molecule has 0 atom stereocenters. The number of benzene rings is 1. The van der Waals surface area contributed by atoms with Gasteiger partial charge in [0.1, 0.15) is 5.82 Å². The molecule has 1 aromatic heterocycles. The zero-order valence-corrected chi connectivity index (χ0v) is 9.12. The van der Waals surface area contributed by atoms with E-state index >= 15 is 0 Å². The van der Waals surface area contributed by atoms with E-state index in [1.807, 2.05) is 0 Å². The molecule has 2 aromatic rings. The summed E-state index contributed by atoms with van der Waals surface area (Å²) in [6.45, 7) is 3.49. The van der Waals surface area contributed by atoms with Crippen LogP contribution in [-0.4, -0.2) is 9.97 Å². The van der Waals surface area contributed by atoms with E-state index < -0.39 is 17.5 Å². The molecule has 2 N–H and O–H groups in total. The predicted molar refractivity (Wildman–Crippen MR) is 61.8 cm³/mol. The lowest BCUT2D eigenvalue weighted by atomic mass is 10.1. The Kier molecular flexibility index (Phi) is 3.01. The van der Waals surface area contributed by atoms with Gasteiger partial charge in [-0.25, -0.2) is 23.1 Å². The molecule has 0 aliphatic heterocycles. The van der Waals surface area contributed by atoms with Gasteiger partial charge in [0.2, 0.25) is 0 Å². The van der Waals surface area contributed by atoms with Gasteiger partial charge in [-0.3, -0.25) is 0 Å². The lowest BCUT2D eigenvalue weighted by Crippen LogP contribution is -2.01. The van der Waals surface area contributed by atoms with Crippen LogP contribution in [0.3, 0.4) is 0 Å². The number of anilines is 1. The van der Waals surface area contributed by atoms with Crippen molar-refractivity contribution in [3.63, 3.8) is 0 Å². The first-order valence-electron chi connectivity index (χ1n) is 4.93. The molecule has 0 aliphatic rings. The van der Waals surface area contributed by atoms with Gasteiger partial charge in [0.05, 0.1) is 5.56 Å². The molecule has 0 radical (unpaired) electrons. The largest absolute Gasteiger partial charge is 0.383 e. The Bertz CT molecular complexity index is 626. The van der Waals surface area contributed by atoms with Gasteiger partial charge in [0, 0.05) is 11.8 Å². The van der Waals surface area contributed by atoms with Crippen molar-refractivity contribution in [2.75, 3.05) is 5.73 Å². The maximum atomic E-state index is 13.5. The number of hydrogen-bond acceptors (Lipinski definition) is 3. The molecule has 0 unspecified atom stereocenters. The van der Waals surface area contributed by atoms with Crippen LogP contribution in [0, 0.1) is 17.5 Å². The summed E-state index contributed by atoms with van der Waals surface area (Å²) in [5.41, 5.74) is 5.79. The van der Waals surface area contributed by atoms with Gasteiger partial charge in [-0.2, -0.15) is 0 Å². The lowest BCUT2D eigenvalue weighted by molar-refractivity contribution is 0.448. The molecule has 1 heterocycles. The summed E-state index contributed by atoms with van der Waals surface area (Å²) in [7, 11) is 0. The molecule has 0 bridgehead atoms. The highest BCUT2D eigenvalue weighted by Crippen LogP contribution is 2.24. The van der Waals surface area contributed by atoms with Crippen molar-refractivity contribution in [3.05, 3.63) is 47.9 Å². The molecular formula is C12H8F3N3. The minimum Gasteiger partial charge on any atom is -0.383 e. The third-order valence-corrected chi connectivity index (χ3v) is 2.34. The van der Waals surface area contributed by atoms with Gasteiger partial charge in [-0.15, -0.1) is 0 Å². The number of halogens is 3. The fourth-order valence-corrected chi connectivity index (χ4v) is 1.39. The molecule has 0 spiro atoms. The molecule has 1 aromatic carbocycles. The second kappa shape index (κ2) is 4.48. The van der Waals surface area contributed by atoms with Crippen molar-refractivity contribution in [1.29, 1.82) is 0 Å². The molecule has 92 valence electrons. The fourth-order valence-electron chi connectivity index (χ4n) is 1.39. The van der Waals surface area contributed by atoms with Crippen LogP contribution in [0.2, 0.25) is 0 Å². The molecule has 6 heteroatoms. The summed E-state index contributed by atoms with van der Waals surface area (Å²) in [6, 6.07) is 1.85. The van der Waals surface area contributed by atoms with E-state index in [1.54, 1.807) is 0 Å². The Morgan fingerprint density at radius 1 is 1.17 bits per heavy atom. The van der Waals surface area contributed by atoms with Crippen molar-refractivity contribution in [2.45, 2.75) is 0 Å². The molecule has 3 nitrogen and oxygen atoms in total. The van der Waals surface area contributed by atoms with E-state index in [0.29, 0.717) is 5.56 Å². The average molecular weight is 251 g/mol. The normalized spacial score (nSPS) is 10.4. The summed E-state index contributed by atoms with van der Waals surface area (Å²) in [5, 5.41) is 0. The maximum Gasteiger partial charge on any atom is 0.195 e. The predicted octanol–water partition coefficient (Wildman–Crippen LogP) is 2.79. The number of nitrogens with two attached hydrogens (primary N) is 1. The first kappa shape index (κ1) is 12.1. The van der Waals surface area contributed by atoms with Crippen molar-refractivity contribution in [1.82, 2.24) is 9.97 Å². The number of rotatable bonds is 2. The highest BCUT2D eigenvalue weighted by atomic mass is 19.2. The standard InChI is InChI=1S/C12H8F3N3/c1-2-6-5-17-12(18-11(6)16)7-3-4-8(13)10(15)9(7)14/h2-5H,1H2,(H2,16,17,18). The average Bonchev–Trinajstić information content (AvgIpc) is 2.36. The van der Waals surface area contributed by atoms with Crippen LogP contribution in [0.5, 0.6) is 0 Å². The molecule has 2 rings (SSSR count). The Morgan fingerprint density at radius 3 is 2.50 bits per heavy atom. The van der Waals surface area contributed by atoms with Crippen LogP contribution >= 0.6 is 0 Å². The van der Waals surface area contributed by atoms with Crippen LogP contribution in [0.25, 0.3) is 17.5 Å². The van der Waals surface area contributed by atoms with Crippen molar-refractivity contribution in [2.24, 2.45) is 0 Å². The van der Waals surface area contributed by atoms with Gasteiger partial charge in [-0.1, -0.05) is 12.7 Å². The highest BCUT2D eigenvalue weighted by molar-refractivity contribution is 5.64. The SMILES string of the molecule is C=Cc1cnc(-c2ccc(F)c(F)c2F)nc1N. The molecule has 0 fully saturated rings. The smallest absolute Gasteiger partial charge is 0.195 e. The van der Waals surface area contributed by atoms with E-state index in [-0.39, 0.29) is 17.2 Å². The zero-order valence-electron chi connectivity index (χ0n) is 9.12. The van der Waals surface area contributed by atoms with Crippen LogP contribution < -0.4 is 5.73 Å². The molecule has 0 saturated heterocycles. The lowest BCUT2D eigenvalue weighted by Gasteiger charge is -2.05. The third-order valence-electron chi connectivity index (χ3n) is 2.34. The second-order valence-electron chi connectivity index (χ2n) is 3.46. The molecular weight excluding hydrogens is 243 g/mol. The first-order valence-corrected chi connectivity index (χ1v) is 4.93. The Balaban J connectivity index is 2.59. The highest BCUT2D eigenvalue weighted by Gasteiger charge is 2.16. The maximum absolute atomic E-state index is 13.5. The molecule has 0 amide bonds. The van der Waals surface area contributed by atoms with Crippen LogP contribution in [0.15, 0.2) is 24.9 Å². The monoisotopic (exact) mass is 251 g/mol. The Morgan fingerprint density at radius 2 is 1.89 bits per heavy atom. The van der Waals surface area contributed by atoms with Gasteiger partial charge < -0.3 is 5.73 Å². The number of aromatic nitrogens is 2. The van der Waals surface area contributed by atoms with Gasteiger partial charge in [-0.05, 0) is 12.1 Å². The van der Waals surface area contributed by atoms with Gasteiger partial charge in [0.15, 0.2) is 23.3 Å². The number of hydrogen-bond donors (Lipinski definition) is 1. The Hall–Kier alpha value is -2.37. The Labute approximate surface area is 101 Å². The van der Waals surface area contributed by atoms with Crippen molar-refractivity contribution < 1.29 is 13.2 Å². The minimum atomic E-state index is -1.57. The summed E-state index contributed by atoms with van der Waals surface area (Å²) >= 11 is 0. The van der Waals surface area contributed by atoms with E-state index in [1.165, 1.54) is 12.3 Å². The summed E-state index contributed by atoms with van der Waals surface area (Å²) < 4.78 is 39.4. The second-order valence-corrected chi connectivity index (χ2v) is 3.46. The molecule has 0 saturated carbocycles. The summed E-state index contributed by atoms with van der Waals surface area (Å²) in [4.78, 5) is 7.63. The fraction of sp³-hybridized carbons (Fsp3) is 0. The van der Waals surface area contributed by atoms with Crippen molar-refractivity contribution in [3.8, 4) is 11.4 Å². The zero-order chi connectivity index (χ0) is 13.3. The van der Waals surface area contributed by atoms with Crippen LogP contribution in [0.4, 0.5) is 19.0 Å². The number of nitrogen functional groups attached to an aromatic ring is 1. The van der Waals surface area contributed by atoms with Gasteiger partial charge in [0.25, 0.3) is 0 Å². The van der Waals surface area contributed by atoms with Crippen LogP contribution in [-0.2, 0) is 0 Å². The van der Waals surface area contributed by atoms with E-state index in [0.717, 1.165) is 12.1 Å². The van der Waals surface area contributed by atoms with E-state index in [9.17, 15) is 13.2 Å². The molecule has 18 heavy (non-hydrogen) atoms. The van der Waals surface area contributed by atoms with Crippen molar-refractivity contribution >= 4 is 11.9 Å². The summed E-state index contributed by atoms with van der Waals surface area (Å²) in [5.74, 6) is -4.22. The molecule has 0 aliphatic carbocycles. The van der Waals surface area contributed by atoms with Gasteiger partial charge >= 0.3 is 0 Å². The first-order chi connectivity index (χ1) is 8.54. The van der Waals surface area contributed by atoms with E-state index in [2.05, 4.69) is 16.5 Å². The quantitative estimate of drug-likeness (QED) is 0.835.